The molecule has 3 N–H and O–H groups in total. The minimum atomic E-state index is -4.12. The van der Waals surface area contributed by atoms with Gasteiger partial charge in [0.25, 0.3) is 15.9 Å². The second kappa shape index (κ2) is 7.65. The zero-order valence-electron chi connectivity index (χ0n) is 14.2. The fourth-order valence-electron chi connectivity index (χ4n) is 2.33. The summed E-state index contributed by atoms with van der Waals surface area (Å²) >= 11 is 0. The third kappa shape index (κ3) is 4.44. The SMILES string of the molecule is O=C(Nc1cccc(O)c1)c1ccc(NS(=O)(=O)c2ccc(F)c(F)c2)cc1. The summed E-state index contributed by atoms with van der Waals surface area (Å²) in [6.07, 6.45) is 0. The third-order valence-electron chi connectivity index (χ3n) is 3.70. The van der Waals surface area contributed by atoms with Gasteiger partial charge in [0.05, 0.1) is 4.90 Å². The summed E-state index contributed by atoms with van der Waals surface area (Å²) in [5.74, 6) is -2.89. The number of halogens is 2. The van der Waals surface area contributed by atoms with Crippen molar-refractivity contribution in [3.8, 4) is 5.75 Å². The number of hydrogen-bond donors (Lipinski definition) is 3. The molecule has 0 fully saturated rings. The predicted molar refractivity (Wildman–Crippen MR) is 99.7 cm³/mol. The first-order valence-corrected chi connectivity index (χ1v) is 9.41. The quantitative estimate of drug-likeness (QED) is 0.604. The molecule has 28 heavy (non-hydrogen) atoms. The number of sulfonamides is 1. The van der Waals surface area contributed by atoms with Crippen molar-refractivity contribution < 1.29 is 27.1 Å². The van der Waals surface area contributed by atoms with Crippen molar-refractivity contribution in [1.82, 2.24) is 0 Å². The molecular weight excluding hydrogens is 390 g/mol. The zero-order chi connectivity index (χ0) is 20.3. The van der Waals surface area contributed by atoms with Crippen LogP contribution in [0.15, 0.2) is 71.6 Å². The number of phenols is 1. The Bertz CT molecular complexity index is 1130. The van der Waals surface area contributed by atoms with Crippen LogP contribution in [0.25, 0.3) is 0 Å². The number of anilines is 2. The second-order valence-corrected chi connectivity index (χ2v) is 7.45. The first-order chi connectivity index (χ1) is 13.2. The van der Waals surface area contributed by atoms with Gasteiger partial charge in [0.2, 0.25) is 0 Å². The molecule has 144 valence electrons. The molecule has 3 rings (SSSR count). The second-order valence-electron chi connectivity index (χ2n) is 5.76. The molecule has 0 aromatic heterocycles. The Balaban J connectivity index is 1.73. The molecule has 0 saturated carbocycles. The number of hydrogen-bond acceptors (Lipinski definition) is 4. The molecule has 0 heterocycles. The van der Waals surface area contributed by atoms with Gasteiger partial charge >= 0.3 is 0 Å². The summed E-state index contributed by atoms with van der Waals surface area (Å²) in [5, 5.41) is 12.0. The molecule has 0 saturated heterocycles. The minimum Gasteiger partial charge on any atom is -0.508 e. The molecule has 1 amide bonds. The molecule has 9 heteroatoms. The highest BCUT2D eigenvalue weighted by molar-refractivity contribution is 7.92. The minimum absolute atomic E-state index is 0.000200. The highest BCUT2D eigenvalue weighted by Gasteiger charge is 2.17. The van der Waals surface area contributed by atoms with Gasteiger partial charge in [0.1, 0.15) is 5.75 Å². The number of aromatic hydroxyl groups is 1. The summed E-state index contributed by atoms with van der Waals surface area (Å²) < 4.78 is 53.0. The summed E-state index contributed by atoms with van der Waals surface area (Å²) in [6.45, 7) is 0. The van der Waals surface area contributed by atoms with Crippen molar-refractivity contribution in [3.05, 3.63) is 83.9 Å². The van der Waals surface area contributed by atoms with E-state index in [1.165, 1.54) is 36.4 Å². The van der Waals surface area contributed by atoms with Gasteiger partial charge in [-0.1, -0.05) is 6.07 Å². The maximum Gasteiger partial charge on any atom is 0.261 e. The largest absolute Gasteiger partial charge is 0.508 e. The first kappa shape index (κ1) is 19.3. The third-order valence-corrected chi connectivity index (χ3v) is 5.08. The number of nitrogens with one attached hydrogen (secondary N) is 2. The van der Waals surface area contributed by atoms with Crippen LogP contribution < -0.4 is 10.0 Å². The Hall–Kier alpha value is -3.46. The fraction of sp³-hybridized carbons (Fsp3) is 0. The lowest BCUT2D eigenvalue weighted by molar-refractivity contribution is 0.102. The number of rotatable bonds is 5. The van der Waals surface area contributed by atoms with Crippen LogP contribution in [0.3, 0.4) is 0 Å². The van der Waals surface area contributed by atoms with Crippen LogP contribution >= 0.6 is 0 Å². The standard InChI is InChI=1S/C19H14F2N2O4S/c20-17-9-8-16(11-18(17)21)28(26,27)23-13-6-4-12(5-7-13)19(25)22-14-2-1-3-15(24)10-14/h1-11,23-24H,(H,22,25). The van der Waals surface area contributed by atoms with Crippen LogP contribution in [0, 0.1) is 11.6 Å². The van der Waals surface area contributed by atoms with Crippen LogP contribution in [0.1, 0.15) is 10.4 Å². The van der Waals surface area contributed by atoms with E-state index in [-0.39, 0.29) is 17.0 Å². The molecule has 0 aliphatic rings. The van der Waals surface area contributed by atoms with Crippen molar-refractivity contribution in [2.75, 3.05) is 10.0 Å². The highest BCUT2D eigenvalue weighted by Crippen LogP contribution is 2.20. The van der Waals surface area contributed by atoms with Gasteiger partial charge in [-0.2, -0.15) is 0 Å². The van der Waals surface area contributed by atoms with Crippen LogP contribution in [-0.4, -0.2) is 19.4 Å². The van der Waals surface area contributed by atoms with Crippen LogP contribution in [0.5, 0.6) is 5.75 Å². The lowest BCUT2D eigenvalue weighted by Crippen LogP contribution is -2.14. The Kier molecular flexibility index (Phi) is 5.27. The molecule has 3 aromatic rings. The maximum absolute atomic E-state index is 13.3. The van der Waals surface area contributed by atoms with Crippen molar-refractivity contribution >= 4 is 27.3 Å². The smallest absolute Gasteiger partial charge is 0.261 e. The van der Waals surface area contributed by atoms with Gasteiger partial charge in [-0.05, 0) is 54.6 Å². The number of amides is 1. The van der Waals surface area contributed by atoms with Crippen LogP contribution in [0.4, 0.5) is 20.2 Å². The van der Waals surface area contributed by atoms with E-state index in [1.807, 2.05) is 0 Å². The Morgan fingerprint density at radius 3 is 2.21 bits per heavy atom. The predicted octanol–water partition coefficient (Wildman–Crippen LogP) is 3.72. The van der Waals surface area contributed by atoms with Gasteiger partial charge in [0, 0.05) is 23.0 Å². The monoisotopic (exact) mass is 404 g/mol. The highest BCUT2D eigenvalue weighted by atomic mass is 32.2. The summed E-state index contributed by atoms with van der Waals surface area (Å²) in [6, 6.07) is 13.7. The van der Waals surface area contributed by atoms with E-state index in [2.05, 4.69) is 10.0 Å². The molecule has 0 atom stereocenters. The zero-order valence-corrected chi connectivity index (χ0v) is 15.0. The molecule has 3 aromatic carbocycles. The van der Waals surface area contributed by atoms with E-state index >= 15 is 0 Å². The lowest BCUT2D eigenvalue weighted by Gasteiger charge is -2.10. The number of carbonyl (C=O) groups is 1. The number of phenolic OH excluding ortho intramolecular Hbond substituents is 1. The van der Waals surface area contributed by atoms with E-state index in [0.717, 1.165) is 12.1 Å². The number of benzene rings is 3. The van der Waals surface area contributed by atoms with Crippen LogP contribution in [-0.2, 0) is 10.0 Å². The molecule has 0 unspecified atom stereocenters. The first-order valence-electron chi connectivity index (χ1n) is 7.93. The lowest BCUT2D eigenvalue weighted by atomic mass is 10.2. The van der Waals surface area contributed by atoms with E-state index in [1.54, 1.807) is 12.1 Å². The van der Waals surface area contributed by atoms with Gasteiger partial charge in [-0.25, -0.2) is 17.2 Å². The summed E-state index contributed by atoms with van der Waals surface area (Å²) in [7, 11) is -4.12. The fourth-order valence-corrected chi connectivity index (χ4v) is 3.40. The van der Waals surface area contributed by atoms with Crippen molar-refractivity contribution in [3.63, 3.8) is 0 Å². The van der Waals surface area contributed by atoms with Gasteiger partial charge in [0.15, 0.2) is 11.6 Å². The molecule has 0 radical (unpaired) electrons. The van der Waals surface area contributed by atoms with Gasteiger partial charge in [-0.3, -0.25) is 9.52 Å². The molecule has 0 aliphatic heterocycles. The van der Waals surface area contributed by atoms with E-state index in [0.29, 0.717) is 11.8 Å². The number of carbonyl (C=O) groups excluding carboxylic acids is 1. The van der Waals surface area contributed by atoms with Crippen LogP contribution in [0.2, 0.25) is 0 Å². The molecule has 6 nitrogen and oxygen atoms in total. The molecule has 0 spiro atoms. The summed E-state index contributed by atoms with van der Waals surface area (Å²) in [5.41, 5.74) is 0.783. The van der Waals surface area contributed by atoms with Gasteiger partial charge < -0.3 is 10.4 Å². The molecule has 0 aliphatic carbocycles. The maximum atomic E-state index is 13.3. The van der Waals surface area contributed by atoms with Crippen molar-refractivity contribution in [2.24, 2.45) is 0 Å². The van der Waals surface area contributed by atoms with Crippen molar-refractivity contribution in [2.45, 2.75) is 4.90 Å². The summed E-state index contributed by atoms with van der Waals surface area (Å²) in [4.78, 5) is 11.8. The molecular formula is C19H14F2N2O4S. The Morgan fingerprint density at radius 1 is 0.857 bits per heavy atom. The Morgan fingerprint density at radius 2 is 1.57 bits per heavy atom. The average Bonchev–Trinajstić information content (AvgIpc) is 2.64. The normalized spacial score (nSPS) is 11.1. The topological polar surface area (TPSA) is 95.5 Å². The molecule has 0 bridgehead atoms. The van der Waals surface area contributed by atoms with Gasteiger partial charge in [-0.15, -0.1) is 0 Å². The average molecular weight is 404 g/mol. The van der Waals surface area contributed by atoms with E-state index in [4.69, 9.17) is 0 Å². The Labute approximate surface area is 159 Å². The van der Waals surface area contributed by atoms with E-state index in [9.17, 15) is 27.1 Å². The van der Waals surface area contributed by atoms with Crippen molar-refractivity contribution in [1.29, 1.82) is 0 Å². The van der Waals surface area contributed by atoms with E-state index < -0.39 is 32.5 Å².